The number of ether oxygens (including phenoxy) is 1. The predicted octanol–water partition coefficient (Wildman–Crippen LogP) is 4.10. The van der Waals surface area contributed by atoms with Crippen LogP contribution in [0.1, 0.15) is 33.3 Å². The normalized spacial score (nSPS) is 11.0. The van der Waals surface area contributed by atoms with E-state index in [0.717, 1.165) is 11.3 Å². The first-order valence-electron chi connectivity index (χ1n) is 9.26. The summed E-state index contributed by atoms with van der Waals surface area (Å²) in [6, 6.07) is 17.1. The van der Waals surface area contributed by atoms with Crippen molar-refractivity contribution in [3.63, 3.8) is 0 Å². The first-order valence-corrected chi connectivity index (χ1v) is 9.26. The van der Waals surface area contributed by atoms with Crippen molar-refractivity contribution in [3.05, 3.63) is 60.2 Å². The summed E-state index contributed by atoms with van der Waals surface area (Å²) in [4.78, 5) is 26.9. The number of hydrogen-bond acceptors (Lipinski definition) is 3. The van der Waals surface area contributed by atoms with Crippen LogP contribution >= 0.6 is 0 Å². The van der Waals surface area contributed by atoms with Gasteiger partial charge in [-0.1, -0.05) is 30.3 Å². The average molecular weight is 368 g/mol. The topological polar surface area (TPSA) is 58.6 Å². The second kappa shape index (κ2) is 9.21. The van der Waals surface area contributed by atoms with Crippen molar-refractivity contribution < 1.29 is 14.3 Å². The number of hydrogen-bond donors (Lipinski definition) is 1. The van der Waals surface area contributed by atoms with E-state index in [1.165, 1.54) is 0 Å². The quantitative estimate of drug-likeness (QED) is 0.714. The summed E-state index contributed by atoms with van der Waals surface area (Å²) >= 11 is 0. The highest BCUT2D eigenvalue weighted by atomic mass is 16.5. The highest BCUT2D eigenvalue weighted by Crippen LogP contribution is 2.23. The molecule has 0 unspecified atom stereocenters. The molecule has 0 aliphatic carbocycles. The number of amides is 2. The molecule has 0 aliphatic heterocycles. The number of carbonyl (C=O) groups is 2. The second-order valence-corrected chi connectivity index (χ2v) is 6.86. The fourth-order valence-corrected chi connectivity index (χ4v) is 2.67. The van der Waals surface area contributed by atoms with E-state index in [1.807, 2.05) is 44.2 Å². The van der Waals surface area contributed by atoms with Crippen molar-refractivity contribution in [3.8, 4) is 5.75 Å². The molecule has 0 aromatic heterocycles. The van der Waals surface area contributed by atoms with Gasteiger partial charge in [0.2, 0.25) is 11.8 Å². The maximum Gasteiger partial charge on any atom is 0.239 e. The number of nitrogens with zero attached hydrogens (tertiary/aromatic N) is 1. The van der Waals surface area contributed by atoms with E-state index in [4.69, 9.17) is 4.74 Å². The molecule has 0 saturated heterocycles. The molecule has 0 bridgehead atoms. The minimum atomic E-state index is -1.13. The van der Waals surface area contributed by atoms with E-state index < -0.39 is 5.41 Å². The first kappa shape index (κ1) is 20.5. The lowest BCUT2D eigenvalue weighted by molar-refractivity contribution is -0.146. The Morgan fingerprint density at radius 3 is 2.11 bits per heavy atom. The van der Waals surface area contributed by atoms with Crippen LogP contribution in [0.2, 0.25) is 0 Å². The molecular weight excluding hydrogens is 340 g/mol. The Labute approximate surface area is 161 Å². The molecule has 2 aromatic rings. The minimum absolute atomic E-state index is 0.173. The third-order valence-electron chi connectivity index (χ3n) is 4.51. The smallest absolute Gasteiger partial charge is 0.239 e. The number of carbonyl (C=O) groups excluding carboxylic acids is 2. The molecule has 2 amide bonds. The van der Waals surface area contributed by atoms with Gasteiger partial charge in [0.25, 0.3) is 0 Å². The van der Waals surface area contributed by atoms with E-state index in [-0.39, 0.29) is 11.8 Å². The van der Waals surface area contributed by atoms with Gasteiger partial charge in [-0.3, -0.25) is 9.59 Å². The molecule has 5 nitrogen and oxygen atoms in total. The van der Waals surface area contributed by atoms with Gasteiger partial charge >= 0.3 is 0 Å². The van der Waals surface area contributed by atoms with Crippen LogP contribution in [-0.4, -0.2) is 29.8 Å². The summed E-state index contributed by atoms with van der Waals surface area (Å²) in [7, 11) is 0. The first-order chi connectivity index (χ1) is 12.9. The van der Waals surface area contributed by atoms with Crippen molar-refractivity contribution in [2.24, 2.45) is 5.41 Å². The molecule has 0 heterocycles. The van der Waals surface area contributed by atoms with Gasteiger partial charge in [0, 0.05) is 18.8 Å². The fourth-order valence-electron chi connectivity index (χ4n) is 2.67. The van der Waals surface area contributed by atoms with Gasteiger partial charge in [-0.25, -0.2) is 0 Å². The molecule has 2 rings (SSSR count). The summed E-state index contributed by atoms with van der Waals surface area (Å²) in [5, 5.41) is 2.83. The Balaban J connectivity index is 1.96. The largest absolute Gasteiger partial charge is 0.489 e. The lowest BCUT2D eigenvalue weighted by Crippen LogP contribution is -2.47. The maximum absolute atomic E-state index is 12.6. The Kier molecular flexibility index (Phi) is 6.99. The van der Waals surface area contributed by atoms with E-state index in [1.54, 1.807) is 43.0 Å². The summed E-state index contributed by atoms with van der Waals surface area (Å²) in [6.45, 7) is 8.77. The summed E-state index contributed by atoms with van der Waals surface area (Å²) in [5.41, 5.74) is 0.591. The van der Waals surface area contributed by atoms with Gasteiger partial charge in [0.05, 0.1) is 0 Å². The standard InChI is InChI=1S/C22H28N2O3/c1-5-24(6-2)21(26)22(3,4)20(25)23-18-12-14-19(15-13-18)27-16-17-10-8-7-9-11-17/h7-15H,5-6,16H2,1-4H3,(H,23,25). The van der Waals surface area contributed by atoms with Crippen molar-refractivity contribution in [1.82, 2.24) is 4.90 Å². The number of rotatable bonds is 8. The van der Waals surface area contributed by atoms with Crippen LogP contribution in [0.25, 0.3) is 0 Å². The molecule has 144 valence electrons. The third-order valence-corrected chi connectivity index (χ3v) is 4.51. The lowest BCUT2D eigenvalue weighted by Gasteiger charge is -2.29. The van der Waals surface area contributed by atoms with Crippen LogP contribution in [0.5, 0.6) is 5.75 Å². The van der Waals surface area contributed by atoms with Crippen molar-refractivity contribution in [2.45, 2.75) is 34.3 Å². The van der Waals surface area contributed by atoms with E-state index in [0.29, 0.717) is 25.4 Å². The summed E-state index contributed by atoms with van der Waals surface area (Å²) in [5.74, 6) is 0.223. The molecular formula is C22H28N2O3. The molecule has 0 saturated carbocycles. The van der Waals surface area contributed by atoms with Gasteiger partial charge in [-0.05, 0) is 57.5 Å². The van der Waals surface area contributed by atoms with E-state index in [2.05, 4.69) is 5.32 Å². The average Bonchev–Trinajstić information content (AvgIpc) is 2.69. The maximum atomic E-state index is 12.6. The van der Waals surface area contributed by atoms with Crippen LogP contribution in [0.3, 0.4) is 0 Å². The number of benzene rings is 2. The van der Waals surface area contributed by atoms with Gasteiger partial charge < -0.3 is 15.0 Å². The fraction of sp³-hybridized carbons (Fsp3) is 0.364. The molecule has 0 radical (unpaired) electrons. The number of nitrogens with one attached hydrogen (secondary N) is 1. The molecule has 5 heteroatoms. The van der Waals surface area contributed by atoms with Crippen molar-refractivity contribution in [1.29, 1.82) is 0 Å². The Hall–Kier alpha value is -2.82. The van der Waals surface area contributed by atoms with Crippen molar-refractivity contribution in [2.75, 3.05) is 18.4 Å². The SMILES string of the molecule is CCN(CC)C(=O)C(C)(C)C(=O)Nc1ccc(OCc2ccccc2)cc1. The van der Waals surface area contributed by atoms with Gasteiger partial charge in [0.15, 0.2) is 0 Å². The monoisotopic (exact) mass is 368 g/mol. The summed E-state index contributed by atoms with van der Waals surface area (Å²) in [6.07, 6.45) is 0. The highest BCUT2D eigenvalue weighted by Gasteiger charge is 2.38. The molecule has 1 N–H and O–H groups in total. The second-order valence-electron chi connectivity index (χ2n) is 6.86. The molecule has 0 atom stereocenters. The van der Waals surface area contributed by atoms with Crippen LogP contribution in [-0.2, 0) is 16.2 Å². The van der Waals surface area contributed by atoms with Crippen LogP contribution in [0.4, 0.5) is 5.69 Å². The van der Waals surface area contributed by atoms with Crippen LogP contribution < -0.4 is 10.1 Å². The van der Waals surface area contributed by atoms with E-state index >= 15 is 0 Å². The molecule has 27 heavy (non-hydrogen) atoms. The molecule has 0 fully saturated rings. The zero-order chi connectivity index (χ0) is 19.9. The molecule has 2 aromatic carbocycles. The van der Waals surface area contributed by atoms with Crippen molar-refractivity contribution >= 4 is 17.5 Å². The Morgan fingerprint density at radius 2 is 1.56 bits per heavy atom. The molecule has 0 spiro atoms. The predicted molar refractivity (Wildman–Crippen MR) is 108 cm³/mol. The van der Waals surface area contributed by atoms with Gasteiger partial charge in [-0.2, -0.15) is 0 Å². The Bertz CT molecular complexity index is 751. The zero-order valence-corrected chi connectivity index (χ0v) is 16.5. The zero-order valence-electron chi connectivity index (χ0n) is 16.5. The highest BCUT2D eigenvalue weighted by molar-refractivity contribution is 6.09. The lowest BCUT2D eigenvalue weighted by atomic mass is 9.90. The van der Waals surface area contributed by atoms with E-state index in [9.17, 15) is 9.59 Å². The van der Waals surface area contributed by atoms with Crippen LogP contribution in [0.15, 0.2) is 54.6 Å². The molecule has 0 aliphatic rings. The van der Waals surface area contributed by atoms with Crippen LogP contribution in [0, 0.1) is 5.41 Å². The van der Waals surface area contributed by atoms with Gasteiger partial charge in [-0.15, -0.1) is 0 Å². The third kappa shape index (κ3) is 5.33. The minimum Gasteiger partial charge on any atom is -0.489 e. The summed E-state index contributed by atoms with van der Waals surface area (Å²) < 4.78 is 5.74. The number of anilines is 1. The van der Waals surface area contributed by atoms with Gasteiger partial charge in [0.1, 0.15) is 17.8 Å². The Morgan fingerprint density at radius 1 is 0.963 bits per heavy atom.